The molecule has 1 aromatic heterocycles. The Labute approximate surface area is 136 Å². The van der Waals surface area contributed by atoms with Gasteiger partial charge in [0.1, 0.15) is 0 Å². The van der Waals surface area contributed by atoms with Crippen LogP contribution in [0.1, 0.15) is 11.1 Å². The lowest BCUT2D eigenvalue weighted by atomic mass is 10.2. The summed E-state index contributed by atoms with van der Waals surface area (Å²) < 4.78 is 5.05. The van der Waals surface area contributed by atoms with Crippen LogP contribution in [0.25, 0.3) is 12.2 Å². The number of nitro groups is 1. The van der Waals surface area contributed by atoms with Crippen molar-refractivity contribution >= 4 is 29.7 Å². The summed E-state index contributed by atoms with van der Waals surface area (Å²) in [5.41, 5.74) is 1.49. The number of carbonyl (C=O) groups excluding carboxylic acids is 1. The fourth-order valence-corrected chi connectivity index (χ4v) is 2.03. The molecule has 0 aliphatic carbocycles. The summed E-state index contributed by atoms with van der Waals surface area (Å²) in [7, 11) is 0. The molecule has 0 saturated carbocycles. The van der Waals surface area contributed by atoms with Gasteiger partial charge in [0.2, 0.25) is 5.90 Å². The van der Waals surface area contributed by atoms with Gasteiger partial charge in [0, 0.05) is 30.6 Å². The number of nitrogens with zero attached hydrogens (tertiary/aromatic N) is 3. The normalized spacial score (nSPS) is 15.6. The second-order valence-corrected chi connectivity index (χ2v) is 4.84. The van der Waals surface area contributed by atoms with Crippen molar-refractivity contribution in [3.05, 3.63) is 81.8 Å². The first-order valence-corrected chi connectivity index (χ1v) is 6.97. The molecule has 0 N–H and O–H groups in total. The van der Waals surface area contributed by atoms with Gasteiger partial charge < -0.3 is 4.74 Å². The van der Waals surface area contributed by atoms with Gasteiger partial charge in [-0.2, -0.15) is 0 Å². The summed E-state index contributed by atoms with van der Waals surface area (Å²) in [6.07, 6.45) is 7.88. The fraction of sp³-hybridized carbons (Fsp3) is 0. The number of esters is 1. The minimum absolute atomic E-state index is 0.0142. The quantitative estimate of drug-likeness (QED) is 0.373. The third-order valence-corrected chi connectivity index (χ3v) is 3.12. The van der Waals surface area contributed by atoms with E-state index in [4.69, 9.17) is 4.74 Å². The topological polar surface area (TPSA) is 94.7 Å². The van der Waals surface area contributed by atoms with Gasteiger partial charge in [0.15, 0.2) is 5.70 Å². The largest absolute Gasteiger partial charge is 0.403 e. The Morgan fingerprint density at radius 3 is 2.71 bits per heavy atom. The molecular formula is C17H11N3O4. The monoisotopic (exact) mass is 321 g/mol. The summed E-state index contributed by atoms with van der Waals surface area (Å²) in [5, 5.41) is 10.7. The highest BCUT2D eigenvalue weighted by molar-refractivity contribution is 6.11. The number of pyridine rings is 1. The van der Waals surface area contributed by atoms with Crippen molar-refractivity contribution < 1.29 is 14.5 Å². The minimum atomic E-state index is -0.558. The van der Waals surface area contributed by atoms with Crippen LogP contribution in [-0.2, 0) is 9.53 Å². The predicted octanol–water partition coefficient (Wildman–Crippen LogP) is 3.00. The van der Waals surface area contributed by atoms with E-state index in [-0.39, 0.29) is 17.3 Å². The zero-order chi connectivity index (χ0) is 16.9. The standard InChI is InChI=1S/C17H11N3O4/c21-17-15(10-13-4-2-8-18-11-13)19-16(24-17)7-6-12-3-1-5-14(9-12)20(22)23/h1-11H/b7-6-,15-10+. The molecule has 2 heterocycles. The molecular weight excluding hydrogens is 310 g/mol. The maximum atomic E-state index is 11.8. The van der Waals surface area contributed by atoms with E-state index in [2.05, 4.69) is 9.98 Å². The third-order valence-electron chi connectivity index (χ3n) is 3.12. The Balaban J connectivity index is 1.80. The molecule has 118 valence electrons. The molecule has 2 aromatic rings. The number of ether oxygens (including phenoxy) is 1. The number of rotatable bonds is 4. The Morgan fingerprint density at radius 1 is 1.12 bits per heavy atom. The van der Waals surface area contributed by atoms with Crippen LogP contribution in [-0.4, -0.2) is 21.8 Å². The molecule has 0 amide bonds. The van der Waals surface area contributed by atoms with E-state index in [0.29, 0.717) is 5.56 Å². The lowest BCUT2D eigenvalue weighted by molar-refractivity contribution is -0.384. The van der Waals surface area contributed by atoms with Crippen molar-refractivity contribution in [3.63, 3.8) is 0 Å². The molecule has 0 radical (unpaired) electrons. The number of benzene rings is 1. The van der Waals surface area contributed by atoms with E-state index in [1.54, 1.807) is 48.8 Å². The molecule has 0 bridgehead atoms. The van der Waals surface area contributed by atoms with Crippen LogP contribution in [0.5, 0.6) is 0 Å². The first kappa shape index (κ1) is 15.3. The highest BCUT2D eigenvalue weighted by atomic mass is 16.6. The Bertz CT molecular complexity index is 886. The highest BCUT2D eigenvalue weighted by Crippen LogP contribution is 2.17. The Morgan fingerprint density at radius 2 is 1.96 bits per heavy atom. The summed E-state index contributed by atoms with van der Waals surface area (Å²) >= 11 is 0. The Kier molecular flexibility index (Phi) is 4.24. The van der Waals surface area contributed by atoms with Gasteiger partial charge in [-0.3, -0.25) is 15.1 Å². The van der Waals surface area contributed by atoms with Gasteiger partial charge in [0.05, 0.1) is 4.92 Å². The Hall–Kier alpha value is -3.61. The lowest BCUT2D eigenvalue weighted by Crippen LogP contribution is -2.01. The molecule has 24 heavy (non-hydrogen) atoms. The number of aromatic nitrogens is 1. The van der Waals surface area contributed by atoms with Crippen LogP contribution in [0.4, 0.5) is 5.69 Å². The number of nitro benzene ring substituents is 1. The summed E-state index contributed by atoms with van der Waals surface area (Å²) in [4.78, 5) is 30.1. The molecule has 7 heteroatoms. The maximum Gasteiger partial charge on any atom is 0.363 e. The molecule has 1 aromatic carbocycles. The average molecular weight is 321 g/mol. The van der Waals surface area contributed by atoms with Crippen molar-refractivity contribution in [2.75, 3.05) is 0 Å². The molecule has 0 atom stereocenters. The number of hydrogen-bond acceptors (Lipinski definition) is 6. The van der Waals surface area contributed by atoms with Crippen molar-refractivity contribution in [3.8, 4) is 0 Å². The number of hydrogen-bond donors (Lipinski definition) is 0. The van der Waals surface area contributed by atoms with E-state index in [1.165, 1.54) is 18.2 Å². The van der Waals surface area contributed by atoms with Gasteiger partial charge in [0.25, 0.3) is 5.69 Å². The van der Waals surface area contributed by atoms with Crippen LogP contribution in [0.3, 0.4) is 0 Å². The van der Waals surface area contributed by atoms with Crippen molar-refractivity contribution in [2.24, 2.45) is 4.99 Å². The highest BCUT2D eigenvalue weighted by Gasteiger charge is 2.21. The van der Waals surface area contributed by atoms with Crippen LogP contribution in [0.15, 0.2) is 65.6 Å². The van der Waals surface area contributed by atoms with E-state index in [9.17, 15) is 14.9 Å². The SMILES string of the molecule is O=C1OC(/C=C\c2cccc([N+](=O)[O-])c2)=NC/1=C/c1cccnc1. The molecule has 0 saturated heterocycles. The van der Waals surface area contributed by atoms with E-state index >= 15 is 0 Å². The lowest BCUT2D eigenvalue weighted by Gasteiger charge is -1.94. The molecule has 0 unspecified atom stereocenters. The second kappa shape index (κ2) is 6.66. The molecule has 3 rings (SSSR count). The van der Waals surface area contributed by atoms with Gasteiger partial charge in [-0.25, -0.2) is 9.79 Å². The van der Waals surface area contributed by atoms with E-state index < -0.39 is 10.9 Å². The smallest absolute Gasteiger partial charge is 0.363 e. The number of non-ortho nitro benzene ring substituents is 1. The van der Waals surface area contributed by atoms with Crippen molar-refractivity contribution in [1.82, 2.24) is 4.98 Å². The van der Waals surface area contributed by atoms with Crippen molar-refractivity contribution in [2.45, 2.75) is 0 Å². The average Bonchev–Trinajstić information content (AvgIpc) is 2.94. The van der Waals surface area contributed by atoms with Crippen LogP contribution >= 0.6 is 0 Å². The summed E-state index contributed by atoms with van der Waals surface area (Å²) in [6.45, 7) is 0. The van der Waals surface area contributed by atoms with Gasteiger partial charge in [-0.1, -0.05) is 18.2 Å². The summed E-state index contributed by atoms with van der Waals surface area (Å²) in [6, 6.07) is 9.64. The first-order chi connectivity index (χ1) is 11.6. The molecule has 0 spiro atoms. The fourth-order valence-electron chi connectivity index (χ4n) is 2.03. The molecule has 1 aliphatic rings. The zero-order valence-corrected chi connectivity index (χ0v) is 12.3. The van der Waals surface area contributed by atoms with Crippen LogP contribution in [0.2, 0.25) is 0 Å². The first-order valence-electron chi connectivity index (χ1n) is 6.97. The zero-order valence-electron chi connectivity index (χ0n) is 12.3. The van der Waals surface area contributed by atoms with Crippen molar-refractivity contribution in [1.29, 1.82) is 0 Å². The van der Waals surface area contributed by atoms with E-state index in [0.717, 1.165) is 5.56 Å². The molecule has 1 aliphatic heterocycles. The number of aliphatic imine (C=N–C) groups is 1. The summed E-state index contributed by atoms with van der Waals surface area (Å²) in [5.74, 6) is -0.431. The van der Waals surface area contributed by atoms with Crippen LogP contribution in [0, 0.1) is 10.1 Å². The van der Waals surface area contributed by atoms with Gasteiger partial charge >= 0.3 is 5.97 Å². The molecule has 0 fully saturated rings. The predicted molar refractivity (Wildman–Crippen MR) is 87.9 cm³/mol. The maximum absolute atomic E-state index is 11.8. The molecule has 7 nitrogen and oxygen atoms in total. The number of cyclic esters (lactones) is 1. The second-order valence-electron chi connectivity index (χ2n) is 4.84. The van der Waals surface area contributed by atoms with Gasteiger partial charge in [-0.15, -0.1) is 0 Å². The van der Waals surface area contributed by atoms with Crippen LogP contribution < -0.4 is 0 Å². The number of carbonyl (C=O) groups is 1. The minimum Gasteiger partial charge on any atom is -0.403 e. The van der Waals surface area contributed by atoms with Gasteiger partial charge in [-0.05, 0) is 29.3 Å². The van der Waals surface area contributed by atoms with E-state index in [1.807, 2.05) is 0 Å². The third kappa shape index (κ3) is 3.58.